The molecular weight excluding hydrogens is 508 g/mol. The molecule has 0 unspecified atom stereocenters. The van der Waals surface area contributed by atoms with E-state index in [1.165, 1.54) is 0 Å². The predicted molar refractivity (Wildman–Crippen MR) is 155 cm³/mol. The number of nitrogens with zero attached hydrogens (tertiary/aromatic N) is 4. The van der Waals surface area contributed by atoms with Crippen LogP contribution >= 0.6 is 0 Å². The number of hydrogen-bond donors (Lipinski definition) is 1. The van der Waals surface area contributed by atoms with Crippen LogP contribution < -0.4 is 4.74 Å². The highest BCUT2D eigenvalue weighted by molar-refractivity contribution is 5.79. The first-order chi connectivity index (χ1) is 19.3. The summed E-state index contributed by atoms with van der Waals surface area (Å²) in [5.74, 6) is -0.605. The number of amides is 2. The van der Waals surface area contributed by atoms with Gasteiger partial charge in [-0.15, -0.1) is 0 Å². The maximum atomic E-state index is 13.7. The van der Waals surface area contributed by atoms with Crippen LogP contribution in [-0.2, 0) is 20.8 Å². The molecule has 1 aromatic rings. The molecule has 9 nitrogen and oxygen atoms in total. The number of rotatable bonds is 14. The van der Waals surface area contributed by atoms with Gasteiger partial charge < -0.3 is 24.5 Å². The van der Waals surface area contributed by atoms with Crippen molar-refractivity contribution in [1.82, 2.24) is 19.6 Å². The van der Waals surface area contributed by atoms with E-state index in [0.29, 0.717) is 39.1 Å². The largest absolute Gasteiger partial charge is 0.493 e. The number of unbranched alkanes of at least 4 members (excludes halogenated alkanes) is 1. The molecule has 0 aromatic heterocycles. The van der Waals surface area contributed by atoms with Crippen molar-refractivity contribution in [2.75, 3.05) is 66.5 Å². The van der Waals surface area contributed by atoms with Crippen molar-refractivity contribution in [1.29, 1.82) is 0 Å². The molecule has 0 bridgehead atoms. The summed E-state index contributed by atoms with van der Waals surface area (Å²) >= 11 is 0. The van der Waals surface area contributed by atoms with Crippen LogP contribution in [0.3, 0.4) is 0 Å². The molecule has 1 aromatic carbocycles. The monoisotopic (exact) mass is 556 g/mol. The first-order valence-electron chi connectivity index (χ1n) is 15.2. The lowest BCUT2D eigenvalue weighted by Gasteiger charge is -2.32. The van der Waals surface area contributed by atoms with Crippen molar-refractivity contribution < 1.29 is 24.2 Å². The van der Waals surface area contributed by atoms with Gasteiger partial charge in [0.25, 0.3) is 0 Å². The van der Waals surface area contributed by atoms with Crippen molar-refractivity contribution in [3.05, 3.63) is 29.3 Å². The molecule has 40 heavy (non-hydrogen) atoms. The number of fused-ring (bicyclic) bond motifs is 1. The van der Waals surface area contributed by atoms with Crippen molar-refractivity contribution in [3.63, 3.8) is 0 Å². The fourth-order valence-electron chi connectivity index (χ4n) is 6.58. The minimum atomic E-state index is -0.833. The Morgan fingerprint density at radius 2 is 1.90 bits per heavy atom. The Labute approximate surface area is 239 Å². The zero-order valence-corrected chi connectivity index (χ0v) is 24.6. The van der Waals surface area contributed by atoms with Crippen LogP contribution in [0.1, 0.15) is 68.9 Å². The van der Waals surface area contributed by atoms with Gasteiger partial charge in [0.2, 0.25) is 11.8 Å². The van der Waals surface area contributed by atoms with E-state index in [1.54, 1.807) is 0 Å². The molecule has 3 atom stereocenters. The summed E-state index contributed by atoms with van der Waals surface area (Å²) in [5, 5.41) is 10.5. The Bertz CT molecular complexity index is 1030. The lowest BCUT2D eigenvalue weighted by atomic mass is 9.83. The number of hydrogen-bond acceptors (Lipinski definition) is 6. The van der Waals surface area contributed by atoms with Gasteiger partial charge in [-0.3, -0.25) is 19.3 Å². The molecule has 9 heteroatoms. The average molecular weight is 557 g/mol. The maximum Gasteiger partial charge on any atom is 0.308 e. The fraction of sp³-hybridized carbons (Fsp3) is 0.710. The number of carboxylic acids is 1. The smallest absolute Gasteiger partial charge is 0.308 e. The third-order valence-electron chi connectivity index (χ3n) is 8.80. The maximum absolute atomic E-state index is 13.7. The van der Waals surface area contributed by atoms with Gasteiger partial charge in [0, 0.05) is 57.5 Å². The first kappa shape index (κ1) is 30.3. The third-order valence-corrected chi connectivity index (χ3v) is 8.80. The standard InChI is InChI=1S/C31H48N4O5/c1-4-5-15-33(17-8-14-32(2)3)29(37)22-35-21-25(23-10-11-27-24(20-23)13-19-40-27)30(31(38)39)26(35)12-18-34-16-7-6-9-28(34)36/h10-11,20,25-26,30H,4-9,12-19,21-22H2,1-3H3,(H,38,39)/t25-,26+,30-/m1/s1. The van der Waals surface area contributed by atoms with Crippen LogP contribution in [0, 0.1) is 5.92 Å². The summed E-state index contributed by atoms with van der Waals surface area (Å²) in [7, 11) is 4.08. The van der Waals surface area contributed by atoms with E-state index in [2.05, 4.69) is 22.8 Å². The Morgan fingerprint density at radius 1 is 1.10 bits per heavy atom. The molecule has 1 N–H and O–H groups in total. The van der Waals surface area contributed by atoms with E-state index in [9.17, 15) is 19.5 Å². The Hall–Kier alpha value is -2.65. The van der Waals surface area contributed by atoms with Gasteiger partial charge in [0.05, 0.1) is 19.1 Å². The Morgan fingerprint density at radius 3 is 2.62 bits per heavy atom. The SMILES string of the molecule is CCCCN(CCCN(C)C)C(=O)CN1C[C@H](c2ccc3c(c2)CCO3)[C@@H](C(=O)O)[C@@H]1CCN1CCCCC1=O. The second kappa shape index (κ2) is 14.3. The van der Waals surface area contributed by atoms with Crippen molar-refractivity contribution in [3.8, 4) is 5.75 Å². The van der Waals surface area contributed by atoms with Gasteiger partial charge in [0.1, 0.15) is 5.75 Å². The lowest BCUT2D eigenvalue weighted by Crippen LogP contribution is -2.46. The van der Waals surface area contributed by atoms with Gasteiger partial charge in [-0.25, -0.2) is 0 Å². The average Bonchev–Trinajstić information content (AvgIpc) is 3.54. The molecule has 2 fully saturated rings. The second-order valence-electron chi connectivity index (χ2n) is 12.0. The minimum Gasteiger partial charge on any atom is -0.493 e. The molecule has 4 rings (SSSR count). The summed E-state index contributed by atoms with van der Waals surface area (Å²) in [4.78, 5) is 47.1. The zero-order valence-electron chi connectivity index (χ0n) is 24.6. The number of benzene rings is 1. The highest BCUT2D eigenvalue weighted by atomic mass is 16.5. The summed E-state index contributed by atoms with van der Waals surface area (Å²) < 4.78 is 5.69. The van der Waals surface area contributed by atoms with Crippen LogP contribution in [0.25, 0.3) is 0 Å². The zero-order chi connectivity index (χ0) is 28.6. The van der Waals surface area contributed by atoms with Gasteiger partial charge in [-0.05, 0) is 69.9 Å². The molecule has 0 radical (unpaired) electrons. The fourth-order valence-corrected chi connectivity index (χ4v) is 6.58. The van der Waals surface area contributed by atoms with Gasteiger partial charge in [-0.1, -0.05) is 25.5 Å². The second-order valence-corrected chi connectivity index (χ2v) is 12.0. The van der Waals surface area contributed by atoms with Crippen LogP contribution in [0.4, 0.5) is 0 Å². The van der Waals surface area contributed by atoms with E-state index >= 15 is 0 Å². The predicted octanol–water partition coefficient (Wildman–Crippen LogP) is 3.07. The van der Waals surface area contributed by atoms with Crippen molar-refractivity contribution in [2.45, 2.75) is 70.3 Å². The molecule has 0 spiro atoms. The van der Waals surface area contributed by atoms with Gasteiger partial charge in [-0.2, -0.15) is 0 Å². The van der Waals surface area contributed by atoms with E-state index in [4.69, 9.17) is 4.74 Å². The third kappa shape index (κ3) is 7.55. The number of carboxylic acid groups (broad SMARTS) is 1. The quantitative estimate of drug-likeness (QED) is 0.376. The van der Waals surface area contributed by atoms with E-state index in [-0.39, 0.29) is 30.3 Å². The van der Waals surface area contributed by atoms with Crippen LogP contribution in [-0.4, -0.2) is 115 Å². The molecule has 222 valence electrons. The highest BCUT2D eigenvalue weighted by Crippen LogP contribution is 2.41. The molecule has 2 amide bonds. The topological polar surface area (TPSA) is 93.6 Å². The number of carbonyl (C=O) groups excluding carboxylic acids is 2. The van der Waals surface area contributed by atoms with E-state index in [1.807, 2.05) is 36.0 Å². The van der Waals surface area contributed by atoms with E-state index < -0.39 is 11.9 Å². The van der Waals surface area contributed by atoms with Crippen LogP contribution in [0.15, 0.2) is 18.2 Å². The number of likely N-dealkylation sites (tertiary alicyclic amines) is 2. The molecule has 3 aliphatic rings. The molecule has 0 aliphatic carbocycles. The normalized spacial score (nSPS) is 22.9. The first-order valence-corrected chi connectivity index (χ1v) is 15.2. The Kier molecular flexibility index (Phi) is 10.8. The highest BCUT2D eigenvalue weighted by Gasteiger charge is 2.47. The number of aliphatic carboxylic acids is 1. The van der Waals surface area contributed by atoms with Crippen molar-refractivity contribution in [2.24, 2.45) is 5.92 Å². The van der Waals surface area contributed by atoms with E-state index in [0.717, 1.165) is 75.0 Å². The summed E-state index contributed by atoms with van der Waals surface area (Å²) in [6.07, 6.45) is 6.72. The molecular formula is C31H48N4O5. The van der Waals surface area contributed by atoms with Crippen LogP contribution in [0.2, 0.25) is 0 Å². The molecule has 3 heterocycles. The van der Waals surface area contributed by atoms with Gasteiger partial charge >= 0.3 is 5.97 Å². The Balaban J connectivity index is 1.55. The summed E-state index contributed by atoms with van der Waals surface area (Å²) in [6.45, 7) is 7.11. The minimum absolute atomic E-state index is 0.0680. The number of carbonyl (C=O) groups is 3. The summed E-state index contributed by atoms with van der Waals surface area (Å²) in [5.41, 5.74) is 2.12. The number of ether oxygens (including phenoxy) is 1. The molecule has 3 aliphatic heterocycles. The molecule has 0 saturated carbocycles. The summed E-state index contributed by atoms with van der Waals surface area (Å²) in [6, 6.07) is 5.74. The number of piperidine rings is 1. The lowest BCUT2D eigenvalue weighted by molar-refractivity contribution is -0.144. The van der Waals surface area contributed by atoms with Gasteiger partial charge in [0.15, 0.2) is 0 Å². The van der Waals surface area contributed by atoms with Crippen LogP contribution in [0.5, 0.6) is 5.75 Å². The molecule has 2 saturated heterocycles. The van der Waals surface area contributed by atoms with Crippen molar-refractivity contribution >= 4 is 17.8 Å².